The summed E-state index contributed by atoms with van der Waals surface area (Å²) in [6, 6.07) is 10.5. The van der Waals surface area contributed by atoms with Crippen molar-refractivity contribution < 1.29 is 17.5 Å². The van der Waals surface area contributed by atoms with E-state index in [1.54, 1.807) is 0 Å². The molecule has 0 radical (unpaired) electrons. The van der Waals surface area contributed by atoms with Gasteiger partial charge in [-0.25, -0.2) is 17.8 Å². The van der Waals surface area contributed by atoms with Crippen LogP contribution in [0.15, 0.2) is 52.2 Å². The molecule has 11 heteroatoms. The van der Waals surface area contributed by atoms with E-state index >= 15 is 0 Å². The first-order chi connectivity index (χ1) is 16.6. The maximum Gasteiger partial charge on any atom is 0.266 e. The molecule has 0 saturated carbocycles. The maximum absolute atomic E-state index is 14.9. The third-order valence-corrected chi connectivity index (χ3v) is 8.07. The molecular formula is C24H28ClFN4O3S2. The van der Waals surface area contributed by atoms with Gasteiger partial charge in [0.1, 0.15) is 16.5 Å². The largest absolute Gasteiger partial charge is 0.491 e. The fraction of sp³-hybridized carbons (Fsp3) is 0.375. The molecule has 1 aromatic heterocycles. The minimum Gasteiger partial charge on any atom is -0.491 e. The van der Waals surface area contributed by atoms with E-state index in [-0.39, 0.29) is 23.0 Å². The zero-order valence-electron chi connectivity index (χ0n) is 19.7. The summed E-state index contributed by atoms with van der Waals surface area (Å²) in [4.78, 5) is 7.63. The fourth-order valence-corrected chi connectivity index (χ4v) is 6.17. The second-order valence-corrected chi connectivity index (χ2v) is 11.6. The van der Waals surface area contributed by atoms with Gasteiger partial charge in [0.15, 0.2) is 5.82 Å². The number of hydrogen-bond donors (Lipinski definition) is 1. The van der Waals surface area contributed by atoms with E-state index in [4.69, 9.17) is 16.3 Å². The Balaban J connectivity index is 1.44. The van der Waals surface area contributed by atoms with Gasteiger partial charge in [-0.2, -0.15) is 0 Å². The van der Waals surface area contributed by atoms with Crippen LogP contribution < -0.4 is 14.4 Å². The molecule has 2 heterocycles. The Morgan fingerprint density at radius 2 is 2.14 bits per heavy atom. The van der Waals surface area contributed by atoms with Gasteiger partial charge >= 0.3 is 0 Å². The molecule has 7 nitrogen and oxygen atoms in total. The number of thiazole rings is 1. The lowest BCUT2D eigenvalue weighted by molar-refractivity contribution is 0.241. The summed E-state index contributed by atoms with van der Waals surface area (Å²) in [7, 11) is -2.30. The summed E-state index contributed by atoms with van der Waals surface area (Å²) < 4.78 is 48.3. The molecule has 1 aliphatic rings. The maximum atomic E-state index is 14.9. The van der Waals surface area contributed by atoms with Crippen LogP contribution in [0.3, 0.4) is 0 Å². The van der Waals surface area contributed by atoms with Gasteiger partial charge in [0.2, 0.25) is 0 Å². The zero-order chi connectivity index (χ0) is 25.2. The van der Waals surface area contributed by atoms with E-state index in [1.807, 2.05) is 37.9 Å². The van der Waals surface area contributed by atoms with Crippen molar-refractivity contribution in [2.24, 2.45) is 0 Å². The van der Waals surface area contributed by atoms with E-state index < -0.39 is 20.7 Å². The van der Waals surface area contributed by atoms with Crippen LogP contribution in [0.4, 0.5) is 15.9 Å². The van der Waals surface area contributed by atoms with E-state index in [9.17, 15) is 12.8 Å². The van der Waals surface area contributed by atoms with E-state index in [1.165, 1.54) is 28.3 Å². The Morgan fingerprint density at radius 1 is 1.34 bits per heavy atom. The predicted molar refractivity (Wildman–Crippen MR) is 139 cm³/mol. The van der Waals surface area contributed by atoms with Gasteiger partial charge in [-0.3, -0.25) is 9.62 Å². The summed E-state index contributed by atoms with van der Waals surface area (Å²) in [6.45, 7) is 6.44. The summed E-state index contributed by atoms with van der Waals surface area (Å²) in [6.07, 6.45) is 0.992. The summed E-state index contributed by atoms with van der Waals surface area (Å²) in [5.74, 6) is 0.127. The van der Waals surface area contributed by atoms with Gasteiger partial charge in [-0.1, -0.05) is 23.7 Å². The van der Waals surface area contributed by atoms with Crippen LogP contribution in [0.5, 0.6) is 5.75 Å². The Kier molecular flexibility index (Phi) is 7.85. The smallest absolute Gasteiger partial charge is 0.266 e. The SMILES string of the molecule is CC(C)Oc1cccc(CN2CCC(N(C)c3cc(F)c(S(=O)(=O)Nc4cscn4)cc3Cl)C2)c1. The van der Waals surface area contributed by atoms with Gasteiger partial charge in [-0.15, -0.1) is 11.3 Å². The molecule has 1 saturated heterocycles. The summed E-state index contributed by atoms with van der Waals surface area (Å²) in [5, 5.41) is 1.70. The molecular weight excluding hydrogens is 511 g/mol. The number of ether oxygens (including phenoxy) is 1. The van der Waals surface area contributed by atoms with Crippen molar-refractivity contribution in [2.45, 2.75) is 43.9 Å². The lowest BCUT2D eigenvalue weighted by atomic mass is 10.2. The first-order valence-corrected chi connectivity index (χ1v) is 14.0. The third kappa shape index (κ3) is 6.24. The van der Waals surface area contributed by atoms with Crippen LogP contribution in [0.2, 0.25) is 5.02 Å². The average Bonchev–Trinajstić information content (AvgIpc) is 3.46. The van der Waals surface area contributed by atoms with E-state index in [0.717, 1.165) is 43.4 Å². The van der Waals surface area contributed by atoms with Crippen molar-refractivity contribution in [2.75, 3.05) is 29.8 Å². The minimum atomic E-state index is -4.15. The lowest BCUT2D eigenvalue weighted by Gasteiger charge is -2.28. The molecule has 1 aliphatic heterocycles. The van der Waals surface area contributed by atoms with Crippen molar-refractivity contribution >= 4 is 44.5 Å². The van der Waals surface area contributed by atoms with Crippen LogP contribution in [0.25, 0.3) is 0 Å². The molecule has 4 rings (SSSR count). The number of anilines is 2. The Labute approximate surface area is 214 Å². The molecule has 2 aromatic carbocycles. The number of benzene rings is 2. The van der Waals surface area contributed by atoms with Crippen molar-refractivity contribution in [3.05, 3.63) is 63.7 Å². The number of nitrogens with zero attached hydrogens (tertiary/aromatic N) is 3. The van der Waals surface area contributed by atoms with Crippen molar-refractivity contribution in [1.82, 2.24) is 9.88 Å². The van der Waals surface area contributed by atoms with Crippen LogP contribution >= 0.6 is 22.9 Å². The van der Waals surface area contributed by atoms with E-state index in [2.05, 4.69) is 26.7 Å². The lowest BCUT2D eigenvalue weighted by Crippen LogP contribution is -2.34. The minimum absolute atomic E-state index is 0.109. The number of nitrogens with one attached hydrogen (secondary N) is 1. The van der Waals surface area contributed by atoms with E-state index in [0.29, 0.717) is 5.69 Å². The number of rotatable bonds is 9. The number of aromatic nitrogens is 1. The molecule has 0 bridgehead atoms. The highest BCUT2D eigenvalue weighted by atomic mass is 35.5. The quantitative estimate of drug-likeness (QED) is 0.402. The Bertz CT molecular complexity index is 1270. The van der Waals surface area contributed by atoms with Crippen LogP contribution in [-0.4, -0.2) is 50.6 Å². The first kappa shape index (κ1) is 25.7. The molecule has 188 valence electrons. The molecule has 1 fully saturated rings. The topological polar surface area (TPSA) is 74.8 Å². The van der Waals surface area contributed by atoms with Crippen LogP contribution in [0, 0.1) is 5.82 Å². The number of likely N-dealkylation sites (tertiary alicyclic amines) is 1. The normalized spacial score (nSPS) is 16.6. The molecule has 35 heavy (non-hydrogen) atoms. The first-order valence-electron chi connectivity index (χ1n) is 11.2. The fourth-order valence-electron chi connectivity index (χ4n) is 4.17. The molecule has 1 unspecified atom stereocenters. The van der Waals surface area contributed by atoms with Crippen LogP contribution in [-0.2, 0) is 16.6 Å². The highest BCUT2D eigenvalue weighted by Crippen LogP contribution is 2.34. The molecule has 1 N–H and O–H groups in total. The second-order valence-electron chi connectivity index (χ2n) is 8.82. The summed E-state index contributed by atoms with van der Waals surface area (Å²) >= 11 is 7.68. The summed E-state index contributed by atoms with van der Waals surface area (Å²) in [5.41, 5.74) is 3.11. The van der Waals surface area contributed by atoms with Crippen LogP contribution in [0.1, 0.15) is 25.8 Å². The Morgan fingerprint density at radius 3 is 2.86 bits per heavy atom. The highest BCUT2D eigenvalue weighted by Gasteiger charge is 2.29. The van der Waals surface area contributed by atoms with Crippen molar-refractivity contribution in [1.29, 1.82) is 0 Å². The average molecular weight is 539 g/mol. The van der Waals surface area contributed by atoms with Crippen molar-refractivity contribution in [3.8, 4) is 5.75 Å². The zero-order valence-corrected chi connectivity index (χ0v) is 22.1. The number of hydrogen-bond acceptors (Lipinski definition) is 7. The molecule has 1 atom stereocenters. The van der Waals surface area contributed by atoms with Gasteiger partial charge in [0, 0.05) is 44.2 Å². The molecule has 0 spiro atoms. The number of sulfonamides is 1. The molecule has 3 aromatic rings. The standard InChI is InChI=1S/C24H28ClFN4O3S2/c1-16(2)33-19-6-4-5-17(9-19)12-30-8-7-18(13-30)29(3)22-11-21(26)23(10-20(22)25)35(31,32)28-24-14-34-15-27-24/h4-6,9-11,14-16,18,28H,7-8,12-13H2,1-3H3. The number of likely N-dealkylation sites (N-methyl/N-ethyl adjacent to an activating group) is 1. The van der Waals surface area contributed by atoms with Gasteiger partial charge in [-0.05, 0) is 44.0 Å². The van der Waals surface area contributed by atoms with Crippen molar-refractivity contribution in [3.63, 3.8) is 0 Å². The molecule has 0 amide bonds. The second kappa shape index (κ2) is 10.7. The predicted octanol–water partition coefficient (Wildman–Crippen LogP) is 5.23. The number of halogens is 2. The monoisotopic (exact) mass is 538 g/mol. The Hall–Kier alpha value is -2.40. The van der Waals surface area contributed by atoms with Gasteiger partial charge in [0.05, 0.1) is 22.3 Å². The van der Waals surface area contributed by atoms with Gasteiger partial charge < -0.3 is 9.64 Å². The van der Waals surface area contributed by atoms with Gasteiger partial charge in [0.25, 0.3) is 10.0 Å². The third-order valence-electron chi connectivity index (χ3n) is 5.81. The highest BCUT2D eigenvalue weighted by molar-refractivity contribution is 7.92. The molecule has 0 aliphatic carbocycles.